The van der Waals surface area contributed by atoms with Crippen molar-refractivity contribution in [2.75, 3.05) is 0 Å². The van der Waals surface area contributed by atoms with Gasteiger partial charge in [0, 0.05) is 0 Å². The first-order chi connectivity index (χ1) is 8.70. The molecule has 4 nitrogen and oxygen atoms in total. The molecule has 0 bridgehead atoms. The summed E-state index contributed by atoms with van der Waals surface area (Å²) in [6.07, 6.45) is 1.35. The number of halogens is 2. The summed E-state index contributed by atoms with van der Waals surface area (Å²) in [7, 11) is 0. The average Bonchev–Trinajstić information content (AvgIpc) is 2.41. The normalized spacial score (nSPS) is 9.83. The summed E-state index contributed by atoms with van der Waals surface area (Å²) in [5.74, 6) is 0.188. The summed E-state index contributed by atoms with van der Waals surface area (Å²) >= 11 is 11.7. The number of hydrogen-bond donors (Lipinski definition) is 0. The standard InChI is InChI=1S/C12H7Cl2N3O/c13-10-6-16-17-12(11(10)14)18-7-9-3-1-8(5-15)2-4-9/h1-4,6H,7H2. The van der Waals surface area contributed by atoms with Crippen molar-refractivity contribution in [3.05, 3.63) is 51.6 Å². The lowest BCUT2D eigenvalue weighted by atomic mass is 10.2. The Kier molecular flexibility index (Phi) is 3.98. The van der Waals surface area contributed by atoms with Crippen LogP contribution in [0.5, 0.6) is 5.88 Å². The third kappa shape index (κ3) is 2.89. The maximum absolute atomic E-state index is 8.67. The average molecular weight is 280 g/mol. The van der Waals surface area contributed by atoms with Crippen molar-refractivity contribution in [3.8, 4) is 11.9 Å². The monoisotopic (exact) mass is 279 g/mol. The highest BCUT2D eigenvalue weighted by atomic mass is 35.5. The Hall–Kier alpha value is -1.83. The lowest BCUT2D eigenvalue weighted by Gasteiger charge is -2.06. The zero-order chi connectivity index (χ0) is 13.0. The molecule has 0 N–H and O–H groups in total. The molecule has 0 saturated carbocycles. The summed E-state index contributed by atoms with van der Waals surface area (Å²) in [6.45, 7) is 0.278. The van der Waals surface area contributed by atoms with Crippen molar-refractivity contribution in [2.45, 2.75) is 6.61 Å². The Labute approximate surface area is 114 Å². The van der Waals surface area contributed by atoms with Gasteiger partial charge in [-0.05, 0) is 17.7 Å². The summed E-state index contributed by atoms with van der Waals surface area (Å²) in [5, 5.41) is 16.6. The first-order valence-corrected chi connectivity index (χ1v) is 5.75. The van der Waals surface area contributed by atoms with E-state index in [4.69, 9.17) is 33.2 Å². The third-order valence-corrected chi connectivity index (χ3v) is 2.92. The SMILES string of the molecule is N#Cc1ccc(COc2nncc(Cl)c2Cl)cc1. The minimum Gasteiger partial charge on any atom is -0.471 e. The van der Waals surface area contributed by atoms with Gasteiger partial charge in [-0.15, -0.1) is 5.10 Å². The van der Waals surface area contributed by atoms with Crippen LogP contribution in [-0.2, 0) is 6.61 Å². The molecule has 2 rings (SSSR count). The molecule has 0 atom stereocenters. The molecule has 0 aliphatic heterocycles. The maximum Gasteiger partial charge on any atom is 0.254 e. The van der Waals surface area contributed by atoms with Gasteiger partial charge in [-0.2, -0.15) is 10.4 Å². The number of ether oxygens (including phenoxy) is 1. The van der Waals surface area contributed by atoms with Gasteiger partial charge < -0.3 is 4.74 Å². The molecule has 18 heavy (non-hydrogen) atoms. The van der Waals surface area contributed by atoms with Gasteiger partial charge in [0.05, 0.1) is 22.9 Å². The van der Waals surface area contributed by atoms with Crippen molar-refractivity contribution >= 4 is 23.2 Å². The molecule has 0 amide bonds. The van der Waals surface area contributed by atoms with Gasteiger partial charge in [-0.3, -0.25) is 0 Å². The third-order valence-electron chi connectivity index (χ3n) is 2.18. The topological polar surface area (TPSA) is 58.8 Å². The van der Waals surface area contributed by atoms with Crippen LogP contribution in [0.2, 0.25) is 10.0 Å². The zero-order valence-corrected chi connectivity index (χ0v) is 10.6. The quantitative estimate of drug-likeness (QED) is 0.866. The summed E-state index contributed by atoms with van der Waals surface area (Å²) in [5.41, 5.74) is 1.49. The molecule has 2 aromatic rings. The van der Waals surface area contributed by atoms with Crippen LogP contribution in [0.4, 0.5) is 0 Å². The smallest absolute Gasteiger partial charge is 0.254 e. The molecule has 1 aromatic carbocycles. The molecule has 0 aliphatic carbocycles. The summed E-state index contributed by atoms with van der Waals surface area (Å²) < 4.78 is 5.40. The Balaban J connectivity index is 2.07. The number of nitrogens with zero attached hydrogens (tertiary/aromatic N) is 3. The van der Waals surface area contributed by atoms with Crippen molar-refractivity contribution < 1.29 is 4.74 Å². The summed E-state index contributed by atoms with van der Waals surface area (Å²) in [4.78, 5) is 0. The Morgan fingerprint density at radius 1 is 1.22 bits per heavy atom. The van der Waals surface area contributed by atoms with Gasteiger partial charge in [-0.25, -0.2) is 0 Å². The van der Waals surface area contributed by atoms with E-state index in [1.807, 2.05) is 6.07 Å². The first-order valence-electron chi connectivity index (χ1n) is 4.99. The van der Waals surface area contributed by atoms with Crippen LogP contribution in [0, 0.1) is 11.3 Å². The highest BCUT2D eigenvalue weighted by Crippen LogP contribution is 2.28. The van der Waals surface area contributed by atoms with Crippen molar-refractivity contribution in [3.63, 3.8) is 0 Å². The van der Waals surface area contributed by atoms with Crippen LogP contribution in [0.15, 0.2) is 30.5 Å². The molecule has 0 unspecified atom stereocenters. The van der Waals surface area contributed by atoms with E-state index in [0.717, 1.165) is 5.56 Å². The molecular weight excluding hydrogens is 273 g/mol. The number of nitriles is 1. The molecule has 1 aromatic heterocycles. The highest BCUT2D eigenvalue weighted by Gasteiger charge is 2.08. The molecule has 0 aliphatic rings. The zero-order valence-electron chi connectivity index (χ0n) is 9.10. The van der Waals surface area contributed by atoms with E-state index >= 15 is 0 Å². The molecule has 0 spiro atoms. The maximum atomic E-state index is 8.67. The van der Waals surface area contributed by atoms with E-state index in [2.05, 4.69) is 10.2 Å². The second kappa shape index (κ2) is 5.67. The molecule has 6 heteroatoms. The van der Waals surface area contributed by atoms with Crippen LogP contribution in [-0.4, -0.2) is 10.2 Å². The second-order valence-electron chi connectivity index (χ2n) is 3.41. The van der Waals surface area contributed by atoms with Crippen LogP contribution < -0.4 is 4.74 Å². The number of hydrogen-bond acceptors (Lipinski definition) is 4. The van der Waals surface area contributed by atoms with Crippen LogP contribution in [0.1, 0.15) is 11.1 Å². The van der Waals surface area contributed by atoms with Crippen LogP contribution in [0.25, 0.3) is 0 Å². The lowest BCUT2D eigenvalue weighted by molar-refractivity contribution is 0.290. The van der Waals surface area contributed by atoms with E-state index in [1.165, 1.54) is 6.20 Å². The molecule has 0 fully saturated rings. The highest BCUT2D eigenvalue weighted by molar-refractivity contribution is 6.42. The Morgan fingerprint density at radius 3 is 2.61 bits per heavy atom. The van der Waals surface area contributed by atoms with E-state index in [9.17, 15) is 0 Å². The molecule has 0 radical (unpaired) electrons. The number of aromatic nitrogens is 2. The fourth-order valence-corrected chi connectivity index (χ4v) is 1.52. The summed E-state index contributed by atoms with van der Waals surface area (Å²) in [6, 6.07) is 9.06. The molecule has 1 heterocycles. The second-order valence-corrected chi connectivity index (χ2v) is 4.19. The molecule has 90 valence electrons. The number of rotatable bonds is 3. The predicted molar refractivity (Wildman–Crippen MR) is 67.5 cm³/mol. The van der Waals surface area contributed by atoms with Gasteiger partial charge in [0.2, 0.25) is 0 Å². The lowest BCUT2D eigenvalue weighted by Crippen LogP contribution is -1.99. The van der Waals surface area contributed by atoms with Crippen LogP contribution in [0.3, 0.4) is 0 Å². The Bertz CT molecular complexity index is 593. The minimum absolute atomic E-state index is 0.188. The van der Waals surface area contributed by atoms with Gasteiger partial charge in [0.15, 0.2) is 0 Å². The van der Waals surface area contributed by atoms with Crippen LogP contribution >= 0.6 is 23.2 Å². The molecular formula is C12H7Cl2N3O. The van der Waals surface area contributed by atoms with Gasteiger partial charge in [0.25, 0.3) is 5.88 Å². The van der Waals surface area contributed by atoms with Gasteiger partial charge >= 0.3 is 0 Å². The fraction of sp³-hybridized carbons (Fsp3) is 0.0833. The Morgan fingerprint density at radius 2 is 1.94 bits per heavy atom. The minimum atomic E-state index is 0.188. The van der Waals surface area contributed by atoms with Crippen molar-refractivity contribution in [1.29, 1.82) is 5.26 Å². The van der Waals surface area contributed by atoms with E-state index in [1.54, 1.807) is 24.3 Å². The largest absolute Gasteiger partial charge is 0.471 e. The van der Waals surface area contributed by atoms with E-state index in [0.29, 0.717) is 10.6 Å². The van der Waals surface area contributed by atoms with E-state index in [-0.39, 0.29) is 17.5 Å². The first kappa shape index (κ1) is 12.6. The predicted octanol–water partition coefficient (Wildman–Crippen LogP) is 3.23. The van der Waals surface area contributed by atoms with Gasteiger partial charge in [-0.1, -0.05) is 35.3 Å². The van der Waals surface area contributed by atoms with Gasteiger partial charge in [0.1, 0.15) is 11.6 Å². The number of benzene rings is 1. The fourth-order valence-electron chi connectivity index (χ4n) is 1.25. The molecule has 0 saturated heterocycles. The van der Waals surface area contributed by atoms with E-state index < -0.39 is 0 Å². The van der Waals surface area contributed by atoms with Crippen molar-refractivity contribution in [1.82, 2.24) is 10.2 Å². The van der Waals surface area contributed by atoms with Crippen molar-refractivity contribution in [2.24, 2.45) is 0 Å².